The maximum absolute atomic E-state index is 6.27. The van der Waals surface area contributed by atoms with Gasteiger partial charge in [-0.15, -0.1) is 0 Å². The van der Waals surface area contributed by atoms with Crippen molar-refractivity contribution in [1.82, 2.24) is 4.98 Å². The summed E-state index contributed by atoms with van der Waals surface area (Å²) in [6, 6.07) is 18.7. The van der Waals surface area contributed by atoms with Gasteiger partial charge in [0.1, 0.15) is 0 Å². The third-order valence-electron chi connectivity index (χ3n) is 3.34. The average Bonchev–Trinajstić information content (AvgIpc) is 2.89. The quantitative estimate of drug-likeness (QED) is 0.719. The molecule has 0 aliphatic carbocycles. The highest BCUT2D eigenvalue weighted by molar-refractivity contribution is 5.82. The minimum atomic E-state index is 0.0418. The van der Waals surface area contributed by atoms with Gasteiger partial charge >= 0.3 is 0 Å². The smallest absolute Gasteiger partial charge is 0.0487 e. The Bertz CT molecular complexity index is 640. The first-order valence-electron chi connectivity index (χ1n) is 6.20. The molecule has 2 nitrogen and oxygen atoms in total. The molecular formula is C16H16N2. The zero-order valence-corrected chi connectivity index (χ0v) is 10.1. The topological polar surface area (TPSA) is 41.8 Å². The molecular weight excluding hydrogens is 220 g/mol. The molecule has 1 unspecified atom stereocenters. The van der Waals surface area contributed by atoms with Gasteiger partial charge < -0.3 is 10.7 Å². The molecule has 0 aliphatic rings. The minimum absolute atomic E-state index is 0.0418. The van der Waals surface area contributed by atoms with Crippen LogP contribution in [-0.4, -0.2) is 4.98 Å². The van der Waals surface area contributed by atoms with Crippen LogP contribution in [0.1, 0.15) is 17.2 Å². The summed E-state index contributed by atoms with van der Waals surface area (Å²) in [4.78, 5) is 3.29. The molecule has 3 aromatic rings. The van der Waals surface area contributed by atoms with Crippen molar-refractivity contribution in [3.05, 3.63) is 71.9 Å². The molecule has 2 aromatic carbocycles. The third kappa shape index (κ3) is 2.03. The number of fused-ring (bicyclic) bond motifs is 1. The van der Waals surface area contributed by atoms with E-state index in [0.29, 0.717) is 0 Å². The second-order valence-electron chi connectivity index (χ2n) is 4.58. The molecule has 0 amide bonds. The molecule has 1 heterocycles. The van der Waals surface area contributed by atoms with Gasteiger partial charge in [0.05, 0.1) is 0 Å². The van der Waals surface area contributed by atoms with Crippen LogP contribution in [0.4, 0.5) is 0 Å². The number of hydrogen-bond donors (Lipinski definition) is 2. The molecule has 3 rings (SSSR count). The Morgan fingerprint density at radius 2 is 1.78 bits per heavy atom. The minimum Gasteiger partial charge on any atom is -0.361 e. The molecule has 1 atom stereocenters. The SMILES string of the molecule is NC(Cc1cccc2cc[nH]c12)c1ccccc1. The summed E-state index contributed by atoms with van der Waals surface area (Å²) in [6.45, 7) is 0. The monoisotopic (exact) mass is 236 g/mol. The predicted molar refractivity (Wildman–Crippen MR) is 75.4 cm³/mol. The Kier molecular flexibility index (Phi) is 2.87. The number of aromatic amines is 1. The van der Waals surface area contributed by atoms with Crippen molar-refractivity contribution in [3.8, 4) is 0 Å². The number of para-hydroxylation sites is 1. The van der Waals surface area contributed by atoms with Crippen molar-refractivity contribution in [3.63, 3.8) is 0 Å². The normalized spacial score (nSPS) is 12.7. The van der Waals surface area contributed by atoms with Crippen LogP contribution >= 0.6 is 0 Å². The zero-order valence-electron chi connectivity index (χ0n) is 10.1. The standard InChI is InChI=1S/C16H16N2/c17-15(12-5-2-1-3-6-12)11-14-8-4-7-13-9-10-18-16(13)14/h1-10,15,18H,11,17H2. The van der Waals surface area contributed by atoms with Crippen LogP contribution in [-0.2, 0) is 6.42 Å². The van der Waals surface area contributed by atoms with Crippen molar-refractivity contribution < 1.29 is 0 Å². The van der Waals surface area contributed by atoms with E-state index in [4.69, 9.17) is 5.73 Å². The van der Waals surface area contributed by atoms with Gasteiger partial charge in [-0.25, -0.2) is 0 Å². The van der Waals surface area contributed by atoms with Crippen LogP contribution in [0.15, 0.2) is 60.8 Å². The maximum Gasteiger partial charge on any atom is 0.0487 e. The molecule has 0 fully saturated rings. The Morgan fingerprint density at radius 1 is 0.944 bits per heavy atom. The van der Waals surface area contributed by atoms with E-state index >= 15 is 0 Å². The number of nitrogens with two attached hydrogens (primary N) is 1. The molecule has 0 aliphatic heterocycles. The van der Waals surface area contributed by atoms with E-state index in [2.05, 4.69) is 41.4 Å². The summed E-state index contributed by atoms with van der Waals surface area (Å²) in [5.74, 6) is 0. The van der Waals surface area contributed by atoms with Crippen molar-refractivity contribution in [2.24, 2.45) is 5.73 Å². The first kappa shape index (κ1) is 11.1. The van der Waals surface area contributed by atoms with E-state index in [1.807, 2.05) is 24.4 Å². The van der Waals surface area contributed by atoms with E-state index in [1.54, 1.807) is 0 Å². The molecule has 0 radical (unpaired) electrons. The predicted octanol–water partition coefficient (Wildman–Crippen LogP) is 3.41. The first-order chi connectivity index (χ1) is 8.84. The van der Waals surface area contributed by atoms with E-state index < -0.39 is 0 Å². The van der Waals surface area contributed by atoms with Gasteiger partial charge in [-0.3, -0.25) is 0 Å². The van der Waals surface area contributed by atoms with E-state index in [-0.39, 0.29) is 6.04 Å². The largest absolute Gasteiger partial charge is 0.361 e. The molecule has 90 valence electrons. The van der Waals surface area contributed by atoms with Gasteiger partial charge in [-0.2, -0.15) is 0 Å². The average molecular weight is 236 g/mol. The Balaban J connectivity index is 1.91. The summed E-state index contributed by atoms with van der Waals surface area (Å²) in [7, 11) is 0. The fourth-order valence-corrected chi connectivity index (χ4v) is 2.37. The Hall–Kier alpha value is -2.06. The van der Waals surface area contributed by atoms with Crippen LogP contribution in [0.3, 0.4) is 0 Å². The van der Waals surface area contributed by atoms with Crippen molar-refractivity contribution >= 4 is 10.9 Å². The van der Waals surface area contributed by atoms with Gasteiger partial charge in [-0.1, -0.05) is 48.5 Å². The third-order valence-corrected chi connectivity index (χ3v) is 3.34. The lowest BCUT2D eigenvalue weighted by Crippen LogP contribution is -2.13. The van der Waals surface area contributed by atoms with Gasteiger partial charge in [-0.05, 0) is 29.0 Å². The molecule has 18 heavy (non-hydrogen) atoms. The summed E-state index contributed by atoms with van der Waals surface area (Å²) in [6.07, 6.45) is 2.82. The molecule has 0 bridgehead atoms. The molecule has 1 aromatic heterocycles. The Morgan fingerprint density at radius 3 is 2.61 bits per heavy atom. The van der Waals surface area contributed by atoms with Gasteiger partial charge in [0.25, 0.3) is 0 Å². The number of benzene rings is 2. The molecule has 2 heteroatoms. The van der Waals surface area contributed by atoms with Crippen LogP contribution < -0.4 is 5.73 Å². The van der Waals surface area contributed by atoms with Crippen LogP contribution in [0.5, 0.6) is 0 Å². The summed E-state index contributed by atoms with van der Waals surface area (Å²) < 4.78 is 0. The number of hydrogen-bond acceptors (Lipinski definition) is 1. The number of nitrogens with one attached hydrogen (secondary N) is 1. The fraction of sp³-hybridized carbons (Fsp3) is 0.125. The molecule has 0 saturated heterocycles. The lowest BCUT2D eigenvalue weighted by Gasteiger charge is -2.12. The Labute approximate surface area is 106 Å². The highest BCUT2D eigenvalue weighted by Gasteiger charge is 2.09. The van der Waals surface area contributed by atoms with Gasteiger partial charge in [0.15, 0.2) is 0 Å². The molecule has 0 spiro atoms. The fourth-order valence-electron chi connectivity index (χ4n) is 2.37. The highest BCUT2D eigenvalue weighted by Crippen LogP contribution is 2.22. The van der Waals surface area contributed by atoms with E-state index in [1.165, 1.54) is 22.0 Å². The van der Waals surface area contributed by atoms with Crippen molar-refractivity contribution in [1.29, 1.82) is 0 Å². The van der Waals surface area contributed by atoms with Gasteiger partial charge in [0, 0.05) is 17.8 Å². The van der Waals surface area contributed by atoms with Gasteiger partial charge in [0.2, 0.25) is 0 Å². The molecule has 0 saturated carbocycles. The van der Waals surface area contributed by atoms with Crippen LogP contribution in [0.2, 0.25) is 0 Å². The summed E-state index contributed by atoms with van der Waals surface area (Å²) in [5.41, 5.74) is 9.92. The lowest BCUT2D eigenvalue weighted by atomic mass is 9.98. The lowest BCUT2D eigenvalue weighted by molar-refractivity contribution is 0.725. The summed E-state index contributed by atoms with van der Waals surface area (Å²) >= 11 is 0. The second kappa shape index (κ2) is 4.67. The molecule has 3 N–H and O–H groups in total. The zero-order chi connectivity index (χ0) is 12.4. The van der Waals surface area contributed by atoms with Crippen LogP contribution in [0, 0.1) is 0 Å². The van der Waals surface area contributed by atoms with Crippen LogP contribution in [0.25, 0.3) is 10.9 Å². The van der Waals surface area contributed by atoms with E-state index in [9.17, 15) is 0 Å². The number of aromatic nitrogens is 1. The highest BCUT2D eigenvalue weighted by atomic mass is 14.7. The maximum atomic E-state index is 6.27. The number of H-pyrrole nitrogens is 1. The second-order valence-corrected chi connectivity index (χ2v) is 4.58. The summed E-state index contributed by atoms with van der Waals surface area (Å²) in [5, 5.41) is 1.24. The first-order valence-corrected chi connectivity index (χ1v) is 6.20. The van der Waals surface area contributed by atoms with Crippen molar-refractivity contribution in [2.75, 3.05) is 0 Å². The van der Waals surface area contributed by atoms with Crippen molar-refractivity contribution in [2.45, 2.75) is 12.5 Å². The number of rotatable bonds is 3. The van der Waals surface area contributed by atoms with E-state index in [0.717, 1.165) is 6.42 Å².